The molecule has 7 rings (SSSR count). The average molecular weight is 390 g/mol. The van der Waals surface area contributed by atoms with Crippen molar-refractivity contribution in [1.82, 2.24) is 10.3 Å². The van der Waals surface area contributed by atoms with Crippen LogP contribution in [0.3, 0.4) is 0 Å². The molecule has 0 unspecified atom stereocenters. The lowest BCUT2D eigenvalue weighted by Gasteiger charge is -2.21. The molecule has 0 spiro atoms. The summed E-state index contributed by atoms with van der Waals surface area (Å²) in [5, 5.41) is 9.40. The summed E-state index contributed by atoms with van der Waals surface area (Å²) < 4.78 is 0. The third-order valence-corrected chi connectivity index (χ3v) is 6.30. The number of benzene rings is 5. The van der Waals surface area contributed by atoms with Gasteiger partial charge in [-0.25, -0.2) is 0 Å². The van der Waals surface area contributed by atoms with E-state index in [0.717, 1.165) is 32.3 Å². The molecule has 0 bridgehead atoms. The van der Waals surface area contributed by atoms with Crippen molar-refractivity contribution in [1.29, 1.82) is 0 Å². The Kier molecular flexibility index (Phi) is 2.50. The van der Waals surface area contributed by atoms with Gasteiger partial charge in [-0.05, 0) is 50.5 Å². The molecule has 30 heavy (non-hydrogen) atoms. The lowest BCUT2D eigenvalue weighted by molar-refractivity contribution is 0.0845. The van der Waals surface area contributed by atoms with Gasteiger partial charge < -0.3 is 0 Å². The Labute approximate surface area is 166 Å². The highest BCUT2D eigenvalue weighted by atomic mass is 16.2. The van der Waals surface area contributed by atoms with Crippen molar-refractivity contribution in [3.8, 4) is 0 Å². The monoisotopic (exact) mass is 390 g/mol. The van der Waals surface area contributed by atoms with Crippen molar-refractivity contribution >= 4 is 65.7 Å². The first-order valence-corrected chi connectivity index (χ1v) is 9.46. The van der Waals surface area contributed by atoms with E-state index in [9.17, 15) is 19.2 Å². The largest absolute Gasteiger partial charge is 0.288 e. The van der Waals surface area contributed by atoms with Gasteiger partial charge in [0, 0.05) is 21.9 Å². The van der Waals surface area contributed by atoms with Gasteiger partial charge in [-0.1, -0.05) is 30.3 Å². The van der Waals surface area contributed by atoms with E-state index in [4.69, 9.17) is 0 Å². The fraction of sp³-hybridized carbons (Fsp3) is 0. The summed E-state index contributed by atoms with van der Waals surface area (Å²) >= 11 is 0. The van der Waals surface area contributed by atoms with Crippen LogP contribution in [0.2, 0.25) is 0 Å². The van der Waals surface area contributed by atoms with Crippen LogP contribution in [0, 0.1) is 0 Å². The number of aromatic amines is 1. The zero-order valence-corrected chi connectivity index (χ0v) is 15.3. The Morgan fingerprint density at radius 1 is 0.533 bits per heavy atom. The van der Waals surface area contributed by atoms with E-state index < -0.39 is 22.9 Å². The standard InChI is InChI=1S/C24H10N2O4/c27-21-13-6-4-11-10-3-1-2-9-8-15-20(24(30)26-23(15)29)19(16(9)10)12-5-7-14(22(28)25-21)18(13)17(11)12/h1-8H,(H,25,27,28)(H,26,29,30). The van der Waals surface area contributed by atoms with Crippen LogP contribution in [0.5, 0.6) is 0 Å². The number of carbonyl (C=O) groups is 2. The zero-order chi connectivity index (χ0) is 20.3. The quantitative estimate of drug-likeness (QED) is 0.236. The van der Waals surface area contributed by atoms with Crippen LogP contribution in [0.15, 0.2) is 58.1 Å². The van der Waals surface area contributed by atoms with Crippen LogP contribution in [0.25, 0.3) is 53.9 Å². The van der Waals surface area contributed by atoms with Gasteiger partial charge in [-0.2, -0.15) is 0 Å². The summed E-state index contributed by atoms with van der Waals surface area (Å²) in [6, 6.07) is 14.6. The Morgan fingerprint density at radius 3 is 2.00 bits per heavy atom. The molecule has 0 atom stereocenters. The maximum absolute atomic E-state index is 12.7. The highest BCUT2D eigenvalue weighted by Gasteiger charge is 2.28. The number of hydrogen-bond acceptors (Lipinski definition) is 4. The molecule has 2 heterocycles. The molecular weight excluding hydrogens is 380 g/mol. The summed E-state index contributed by atoms with van der Waals surface area (Å²) in [5.74, 6) is -0.877. The number of amides is 2. The van der Waals surface area contributed by atoms with Crippen LogP contribution in [0.4, 0.5) is 0 Å². The predicted octanol–water partition coefficient (Wildman–Crippen LogP) is 3.26. The lowest BCUT2D eigenvalue weighted by Crippen LogP contribution is -2.34. The summed E-state index contributed by atoms with van der Waals surface area (Å²) in [6.07, 6.45) is 0. The van der Waals surface area contributed by atoms with E-state index in [0.29, 0.717) is 32.7 Å². The highest BCUT2D eigenvalue weighted by Crippen LogP contribution is 2.44. The molecule has 0 radical (unpaired) electrons. The second-order valence-electron chi connectivity index (χ2n) is 7.72. The minimum Gasteiger partial charge on any atom is -0.288 e. The third-order valence-electron chi connectivity index (χ3n) is 6.30. The van der Waals surface area contributed by atoms with E-state index in [1.807, 2.05) is 24.3 Å². The van der Waals surface area contributed by atoms with Crippen molar-refractivity contribution in [3.63, 3.8) is 0 Å². The molecule has 5 aromatic carbocycles. The third kappa shape index (κ3) is 1.58. The molecule has 0 saturated heterocycles. The molecule has 2 N–H and O–H groups in total. The second-order valence-corrected chi connectivity index (χ2v) is 7.72. The number of hydrogen-bond donors (Lipinski definition) is 2. The molecule has 1 aliphatic heterocycles. The molecule has 1 aliphatic rings. The summed E-state index contributed by atoms with van der Waals surface area (Å²) in [6.45, 7) is 0. The van der Waals surface area contributed by atoms with E-state index in [-0.39, 0.29) is 0 Å². The first kappa shape index (κ1) is 15.6. The maximum Gasteiger partial charge on any atom is 0.259 e. The van der Waals surface area contributed by atoms with Crippen LogP contribution < -0.4 is 16.4 Å². The van der Waals surface area contributed by atoms with Crippen molar-refractivity contribution in [3.05, 3.63) is 80.4 Å². The van der Waals surface area contributed by atoms with Gasteiger partial charge in [0.15, 0.2) is 0 Å². The molecule has 0 fully saturated rings. The SMILES string of the molecule is O=C1NC(=O)c2ccc3c4c2c1ccc4c1cccc2cc4c(=O)[nH]c(=O)c4c3c21. The lowest BCUT2D eigenvalue weighted by atomic mass is 9.84. The number of imide groups is 1. The van der Waals surface area contributed by atoms with Gasteiger partial charge in [0.05, 0.1) is 10.8 Å². The molecule has 2 amide bonds. The van der Waals surface area contributed by atoms with Gasteiger partial charge in [0.2, 0.25) is 0 Å². The van der Waals surface area contributed by atoms with E-state index in [1.165, 1.54) is 0 Å². The Balaban J connectivity index is 1.95. The molecule has 6 nitrogen and oxygen atoms in total. The number of H-pyrrole nitrogens is 1. The van der Waals surface area contributed by atoms with E-state index in [2.05, 4.69) is 10.3 Å². The Bertz CT molecular complexity index is 1880. The van der Waals surface area contributed by atoms with Crippen molar-refractivity contribution < 1.29 is 9.59 Å². The Morgan fingerprint density at radius 2 is 1.23 bits per heavy atom. The first-order valence-electron chi connectivity index (χ1n) is 9.46. The first-order chi connectivity index (χ1) is 14.5. The molecule has 140 valence electrons. The number of aromatic nitrogens is 1. The molecule has 0 aliphatic carbocycles. The second kappa shape index (κ2) is 4.80. The molecular formula is C24H10N2O4. The summed E-state index contributed by atoms with van der Waals surface area (Å²) in [5.41, 5.74) is 0.00365. The molecule has 1 aromatic heterocycles. The molecule has 0 saturated carbocycles. The van der Waals surface area contributed by atoms with Crippen LogP contribution in [0.1, 0.15) is 20.7 Å². The minimum atomic E-state index is -0.439. The molecule has 6 heteroatoms. The summed E-state index contributed by atoms with van der Waals surface area (Å²) in [7, 11) is 0. The number of fused-ring (bicyclic) bond motifs is 4. The summed E-state index contributed by atoms with van der Waals surface area (Å²) in [4.78, 5) is 52.5. The fourth-order valence-corrected chi connectivity index (χ4v) is 5.14. The zero-order valence-electron chi connectivity index (χ0n) is 15.3. The maximum atomic E-state index is 12.7. The van der Waals surface area contributed by atoms with E-state index >= 15 is 0 Å². The van der Waals surface area contributed by atoms with Gasteiger partial charge in [-0.15, -0.1) is 0 Å². The van der Waals surface area contributed by atoms with Gasteiger partial charge >= 0.3 is 0 Å². The normalized spacial score (nSPS) is 14.0. The minimum absolute atomic E-state index is 0.345. The number of nitrogens with one attached hydrogen (secondary N) is 2. The van der Waals surface area contributed by atoms with Gasteiger partial charge in [0.1, 0.15) is 0 Å². The molecule has 6 aromatic rings. The average Bonchev–Trinajstić information content (AvgIpc) is 3.02. The van der Waals surface area contributed by atoms with Crippen LogP contribution >= 0.6 is 0 Å². The van der Waals surface area contributed by atoms with Crippen LogP contribution in [-0.2, 0) is 0 Å². The van der Waals surface area contributed by atoms with Crippen molar-refractivity contribution in [2.24, 2.45) is 0 Å². The van der Waals surface area contributed by atoms with Gasteiger partial charge in [0.25, 0.3) is 22.9 Å². The smallest absolute Gasteiger partial charge is 0.259 e. The number of rotatable bonds is 0. The van der Waals surface area contributed by atoms with Gasteiger partial charge in [-0.3, -0.25) is 29.5 Å². The van der Waals surface area contributed by atoms with Crippen molar-refractivity contribution in [2.45, 2.75) is 0 Å². The van der Waals surface area contributed by atoms with Crippen molar-refractivity contribution in [2.75, 3.05) is 0 Å². The number of carbonyl (C=O) groups excluding carboxylic acids is 2. The van der Waals surface area contributed by atoms with E-state index in [1.54, 1.807) is 24.3 Å². The highest BCUT2D eigenvalue weighted by molar-refractivity contribution is 6.41. The fourth-order valence-electron chi connectivity index (χ4n) is 5.14. The topological polar surface area (TPSA) is 96.1 Å². The Hall–Kier alpha value is -4.32. The predicted molar refractivity (Wildman–Crippen MR) is 115 cm³/mol. The van der Waals surface area contributed by atoms with Crippen LogP contribution in [-0.4, -0.2) is 16.8 Å².